The zero-order chi connectivity index (χ0) is 17.1. The maximum atomic E-state index is 13.2. The molecule has 2 N–H and O–H groups in total. The smallest absolute Gasteiger partial charge is 0.291 e. The summed E-state index contributed by atoms with van der Waals surface area (Å²) in [7, 11) is 0. The van der Waals surface area contributed by atoms with E-state index in [1.54, 1.807) is 19.1 Å². The number of rotatable bonds is 5. The molecular weight excluding hydrogens is 331 g/mol. The minimum Gasteiger partial charge on any atom is -0.394 e. The number of nitrogens with one attached hydrogen (secondary N) is 1. The molecule has 0 spiro atoms. The molecule has 2 aromatic heterocycles. The summed E-state index contributed by atoms with van der Waals surface area (Å²) in [4.78, 5) is 17.4. The van der Waals surface area contributed by atoms with E-state index in [1.165, 1.54) is 28.2 Å². The van der Waals surface area contributed by atoms with Crippen molar-refractivity contribution in [2.45, 2.75) is 13.0 Å². The fraction of sp³-hybridized carbons (Fsp3) is 0.188. The van der Waals surface area contributed by atoms with Crippen LogP contribution in [-0.4, -0.2) is 38.4 Å². The van der Waals surface area contributed by atoms with Crippen molar-refractivity contribution < 1.29 is 14.3 Å². The number of hydrogen-bond acceptors (Lipinski definition) is 5. The van der Waals surface area contributed by atoms with Crippen molar-refractivity contribution in [1.29, 1.82) is 0 Å². The number of nitrogens with zero attached hydrogens (tertiary/aromatic N) is 3. The predicted octanol–water partition coefficient (Wildman–Crippen LogP) is 2.25. The van der Waals surface area contributed by atoms with Crippen LogP contribution < -0.4 is 5.32 Å². The quantitative estimate of drug-likeness (QED) is 0.742. The van der Waals surface area contributed by atoms with E-state index in [0.717, 1.165) is 4.88 Å². The topological polar surface area (TPSA) is 80.0 Å². The second-order valence-corrected chi connectivity index (χ2v) is 6.13. The van der Waals surface area contributed by atoms with Crippen LogP contribution in [0.5, 0.6) is 0 Å². The summed E-state index contributed by atoms with van der Waals surface area (Å²) in [6.45, 7) is 1.50. The first-order valence-corrected chi connectivity index (χ1v) is 8.15. The normalized spacial score (nSPS) is 12.1. The molecule has 3 rings (SSSR count). The van der Waals surface area contributed by atoms with E-state index in [0.29, 0.717) is 11.5 Å². The van der Waals surface area contributed by atoms with E-state index in [-0.39, 0.29) is 18.2 Å². The third-order valence-electron chi connectivity index (χ3n) is 3.27. The third kappa shape index (κ3) is 3.34. The highest BCUT2D eigenvalue weighted by Crippen LogP contribution is 2.25. The van der Waals surface area contributed by atoms with Crippen molar-refractivity contribution in [3.05, 3.63) is 53.4 Å². The summed E-state index contributed by atoms with van der Waals surface area (Å²) in [6, 6.07) is 9.12. The molecule has 0 aliphatic carbocycles. The average molecular weight is 346 g/mol. The summed E-state index contributed by atoms with van der Waals surface area (Å²) in [5.74, 6) is -0.345. The molecule has 0 aliphatic heterocycles. The van der Waals surface area contributed by atoms with Crippen molar-refractivity contribution in [3.8, 4) is 16.4 Å². The Bertz CT molecular complexity index is 830. The second kappa shape index (κ2) is 6.90. The molecule has 24 heavy (non-hydrogen) atoms. The molecule has 1 aromatic carbocycles. The van der Waals surface area contributed by atoms with Gasteiger partial charge in [-0.15, -0.1) is 16.4 Å². The molecule has 2 heterocycles. The Morgan fingerprint density at radius 1 is 1.38 bits per heavy atom. The van der Waals surface area contributed by atoms with E-state index in [1.807, 2.05) is 17.5 Å². The molecule has 3 aromatic rings. The van der Waals surface area contributed by atoms with Gasteiger partial charge in [0.2, 0.25) is 5.82 Å². The molecule has 6 nitrogen and oxygen atoms in total. The van der Waals surface area contributed by atoms with Crippen LogP contribution in [0.3, 0.4) is 0 Å². The van der Waals surface area contributed by atoms with Gasteiger partial charge in [0.25, 0.3) is 5.91 Å². The molecule has 1 atom stereocenters. The number of benzene rings is 1. The first-order chi connectivity index (χ1) is 11.6. The van der Waals surface area contributed by atoms with Gasteiger partial charge in [-0.25, -0.2) is 14.1 Å². The van der Waals surface area contributed by atoms with Crippen molar-refractivity contribution in [2.75, 3.05) is 6.61 Å². The molecule has 0 aliphatic rings. The van der Waals surface area contributed by atoms with Gasteiger partial charge in [0.05, 0.1) is 17.2 Å². The lowest BCUT2D eigenvalue weighted by atomic mass is 10.3. The van der Waals surface area contributed by atoms with E-state index in [9.17, 15) is 9.18 Å². The molecule has 0 bridgehead atoms. The van der Waals surface area contributed by atoms with Crippen molar-refractivity contribution in [3.63, 3.8) is 0 Å². The van der Waals surface area contributed by atoms with Crippen molar-refractivity contribution in [2.24, 2.45) is 0 Å². The van der Waals surface area contributed by atoms with Gasteiger partial charge in [-0.05, 0) is 42.6 Å². The van der Waals surface area contributed by atoms with Crippen LogP contribution >= 0.6 is 11.3 Å². The van der Waals surface area contributed by atoms with Crippen LogP contribution in [0.2, 0.25) is 0 Å². The number of aromatic nitrogens is 3. The third-order valence-corrected chi connectivity index (χ3v) is 4.14. The Kier molecular flexibility index (Phi) is 4.68. The lowest BCUT2D eigenvalue weighted by Crippen LogP contribution is -2.35. The molecule has 0 fully saturated rings. The molecular formula is C16H15FN4O2S. The average Bonchev–Trinajstić information content (AvgIpc) is 3.24. The van der Waals surface area contributed by atoms with Gasteiger partial charge in [0.1, 0.15) is 5.82 Å². The first-order valence-electron chi connectivity index (χ1n) is 7.27. The zero-order valence-corrected chi connectivity index (χ0v) is 13.6. The summed E-state index contributed by atoms with van der Waals surface area (Å²) in [5.41, 5.74) is 0.599. The summed E-state index contributed by atoms with van der Waals surface area (Å²) in [6.07, 6.45) is 0. The molecule has 0 radical (unpaired) electrons. The number of aliphatic hydroxyl groups is 1. The van der Waals surface area contributed by atoms with Crippen LogP contribution in [0.15, 0.2) is 41.8 Å². The number of carbonyl (C=O) groups is 1. The fourth-order valence-electron chi connectivity index (χ4n) is 2.07. The SMILES string of the molecule is CC(CO)NC(=O)c1nc(-c2cccs2)n(-c2ccc(F)cc2)n1. The minimum atomic E-state index is -0.477. The largest absolute Gasteiger partial charge is 0.394 e. The Hall–Kier alpha value is -2.58. The van der Waals surface area contributed by atoms with Gasteiger partial charge < -0.3 is 10.4 Å². The van der Waals surface area contributed by atoms with Gasteiger partial charge in [0, 0.05) is 6.04 Å². The molecule has 0 saturated carbocycles. The van der Waals surface area contributed by atoms with Gasteiger partial charge >= 0.3 is 0 Å². The first kappa shape index (κ1) is 16.3. The number of amides is 1. The van der Waals surface area contributed by atoms with E-state index >= 15 is 0 Å². The molecule has 1 amide bonds. The van der Waals surface area contributed by atoms with Crippen molar-refractivity contribution >= 4 is 17.2 Å². The molecule has 8 heteroatoms. The van der Waals surface area contributed by atoms with Crippen LogP contribution in [-0.2, 0) is 0 Å². The zero-order valence-electron chi connectivity index (χ0n) is 12.8. The Balaban J connectivity index is 2.03. The number of thiophene rings is 1. The number of aliphatic hydroxyl groups excluding tert-OH is 1. The monoisotopic (exact) mass is 346 g/mol. The fourth-order valence-corrected chi connectivity index (χ4v) is 2.77. The second-order valence-electron chi connectivity index (χ2n) is 5.18. The number of halogens is 1. The Morgan fingerprint density at radius 2 is 2.12 bits per heavy atom. The van der Waals surface area contributed by atoms with E-state index < -0.39 is 11.9 Å². The molecule has 1 unspecified atom stereocenters. The highest BCUT2D eigenvalue weighted by Gasteiger charge is 2.20. The van der Waals surface area contributed by atoms with E-state index in [2.05, 4.69) is 15.4 Å². The predicted molar refractivity (Wildman–Crippen MR) is 88.6 cm³/mol. The lowest BCUT2D eigenvalue weighted by Gasteiger charge is -2.07. The van der Waals surface area contributed by atoms with Crippen LogP contribution in [0.25, 0.3) is 16.4 Å². The Morgan fingerprint density at radius 3 is 2.75 bits per heavy atom. The lowest BCUT2D eigenvalue weighted by molar-refractivity contribution is 0.0912. The number of hydrogen-bond donors (Lipinski definition) is 2. The van der Waals surface area contributed by atoms with E-state index in [4.69, 9.17) is 5.11 Å². The molecule has 0 saturated heterocycles. The summed E-state index contributed by atoms with van der Waals surface area (Å²) < 4.78 is 14.7. The highest BCUT2D eigenvalue weighted by atomic mass is 32.1. The number of carbonyl (C=O) groups excluding carboxylic acids is 1. The molecule has 124 valence electrons. The maximum Gasteiger partial charge on any atom is 0.291 e. The van der Waals surface area contributed by atoms with Crippen LogP contribution in [0, 0.1) is 5.82 Å². The highest BCUT2D eigenvalue weighted by molar-refractivity contribution is 7.13. The van der Waals surface area contributed by atoms with Gasteiger partial charge in [-0.3, -0.25) is 4.79 Å². The maximum absolute atomic E-state index is 13.2. The van der Waals surface area contributed by atoms with Crippen molar-refractivity contribution in [1.82, 2.24) is 20.1 Å². The van der Waals surface area contributed by atoms with Gasteiger partial charge in [-0.2, -0.15) is 0 Å². The van der Waals surface area contributed by atoms with Crippen LogP contribution in [0.4, 0.5) is 4.39 Å². The van der Waals surface area contributed by atoms with Gasteiger partial charge in [0.15, 0.2) is 5.82 Å². The minimum absolute atomic E-state index is 0.0111. The summed E-state index contributed by atoms with van der Waals surface area (Å²) in [5, 5.41) is 17.8. The van der Waals surface area contributed by atoms with Crippen LogP contribution in [0.1, 0.15) is 17.5 Å². The van der Waals surface area contributed by atoms with Gasteiger partial charge in [-0.1, -0.05) is 6.07 Å². The Labute approximate surface area is 141 Å². The standard InChI is InChI=1S/C16H15FN4O2S/c1-10(9-22)18-16(23)14-19-15(13-3-2-8-24-13)21(20-14)12-6-4-11(17)5-7-12/h2-8,10,22H,9H2,1H3,(H,18,23). The summed E-state index contributed by atoms with van der Waals surface area (Å²) >= 11 is 1.46.